The smallest absolute Gasteiger partial charge is 0.229 e. The van der Waals surface area contributed by atoms with Crippen LogP contribution in [0.25, 0.3) is 16.8 Å². The molecule has 0 spiro atoms. The number of benzene rings is 1. The molecule has 2 fully saturated rings. The first-order valence-electron chi connectivity index (χ1n) is 14.6. The summed E-state index contributed by atoms with van der Waals surface area (Å²) < 4.78 is 38.3. The minimum absolute atomic E-state index is 0.103. The van der Waals surface area contributed by atoms with Gasteiger partial charge in [0.05, 0.1) is 46.1 Å². The topological polar surface area (TPSA) is 123 Å². The third-order valence-corrected chi connectivity index (χ3v) is 8.78. The first kappa shape index (κ1) is 28.9. The lowest BCUT2D eigenvalue weighted by Crippen LogP contribution is -2.61. The van der Waals surface area contributed by atoms with Crippen LogP contribution in [0.5, 0.6) is 0 Å². The van der Waals surface area contributed by atoms with E-state index in [1.807, 2.05) is 6.07 Å². The normalized spacial score (nSPS) is 21.7. The van der Waals surface area contributed by atoms with Crippen molar-refractivity contribution in [1.29, 1.82) is 0 Å². The van der Waals surface area contributed by atoms with Gasteiger partial charge < -0.3 is 26.0 Å². The highest BCUT2D eigenvalue weighted by molar-refractivity contribution is 5.75. The lowest BCUT2D eigenvalue weighted by molar-refractivity contribution is -0.120. The van der Waals surface area contributed by atoms with Crippen LogP contribution in [-0.4, -0.2) is 57.8 Å². The van der Waals surface area contributed by atoms with Crippen LogP contribution in [-0.2, 0) is 15.1 Å². The number of imidazole rings is 1. The molecule has 6 rings (SSSR count). The summed E-state index contributed by atoms with van der Waals surface area (Å²) in [6.07, 6.45) is 8.37. The number of hydrogen-bond donors (Lipinski definition) is 3. The van der Waals surface area contributed by atoms with Crippen LogP contribution >= 0.6 is 0 Å². The molecule has 0 radical (unpaired) electrons. The number of pyridine rings is 1. The number of piperidine rings is 1. The van der Waals surface area contributed by atoms with Crippen LogP contribution in [0.4, 0.5) is 26.1 Å². The predicted molar refractivity (Wildman–Crippen MR) is 160 cm³/mol. The summed E-state index contributed by atoms with van der Waals surface area (Å²) in [6, 6.07) is 7.54. The third-order valence-electron chi connectivity index (χ3n) is 8.78. The second-order valence-corrected chi connectivity index (χ2v) is 11.6. The maximum Gasteiger partial charge on any atom is 0.229 e. The van der Waals surface area contributed by atoms with Gasteiger partial charge in [-0.1, -0.05) is 19.8 Å². The zero-order chi connectivity index (χ0) is 30.3. The quantitative estimate of drug-likeness (QED) is 0.287. The number of carbonyl (C=O) groups is 1. The molecule has 10 nitrogen and oxygen atoms in total. The van der Waals surface area contributed by atoms with E-state index in [1.165, 1.54) is 23.6 Å². The van der Waals surface area contributed by atoms with Gasteiger partial charge in [-0.05, 0) is 54.7 Å². The molecule has 0 bridgehead atoms. The molecule has 1 saturated heterocycles. The maximum absolute atomic E-state index is 15.5. The SMILES string of the molecule is COC1(c2cc(F)c(-c3ccc4cnc(Nc5cnccc5N5CC(C)C(NC(C)=O)C(N)C5)n4n3)c(F)c2)CCCC1. The van der Waals surface area contributed by atoms with Crippen molar-refractivity contribution in [1.82, 2.24) is 24.9 Å². The number of nitrogens with one attached hydrogen (secondary N) is 2. The molecule has 226 valence electrons. The summed E-state index contributed by atoms with van der Waals surface area (Å²) in [6.45, 7) is 4.75. The molecule has 1 amide bonds. The summed E-state index contributed by atoms with van der Waals surface area (Å²) in [5.74, 6) is -1.02. The summed E-state index contributed by atoms with van der Waals surface area (Å²) in [4.78, 5) is 22.6. The Kier molecular flexibility index (Phi) is 7.74. The van der Waals surface area contributed by atoms with Crippen molar-refractivity contribution in [3.05, 3.63) is 66.1 Å². The van der Waals surface area contributed by atoms with Gasteiger partial charge in [-0.2, -0.15) is 9.61 Å². The molecular weight excluding hydrogens is 554 g/mol. The van der Waals surface area contributed by atoms with Gasteiger partial charge in [0.1, 0.15) is 11.6 Å². The molecule has 1 aliphatic heterocycles. The number of halogens is 2. The van der Waals surface area contributed by atoms with E-state index < -0.39 is 17.2 Å². The number of rotatable bonds is 7. The van der Waals surface area contributed by atoms with Crippen LogP contribution < -0.4 is 21.3 Å². The highest BCUT2D eigenvalue weighted by atomic mass is 19.1. The molecule has 1 aromatic carbocycles. The van der Waals surface area contributed by atoms with Gasteiger partial charge in [0.2, 0.25) is 11.9 Å². The molecule has 2 aliphatic rings. The number of methoxy groups -OCH3 is 1. The molecule has 12 heteroatoms. The van der Waals surface area contributed by atoms with Gasteiger partial charge in [0, 0.05) is 45.4 Å². The first-order valence-corrected chi connectivity index (χ1v) is 14.6. The minimum Gasteiger partial charge on any atom is -0.374 e. The van der Waals surface area contributed by atoms with Crippen LogP contribution in [0.3, 0.4) is 0 Å². The number of aromatic nitrogens is 4. The monoisotopic (exact) mass is 590 g/mol. The standard InChI is InChI=1S/C31H36F2N8O2/c1-18-16-40(17-24(34)29(18)37-19(2)42)27-8-11-35-15-26(27)38-30-36-14-21-6-7-25(39-41(21)30)28-22(32)12-20(13-23(28)33)31(43-3)9-4-5-10-31/h6-8,11-15,18,24,29H,4-5,9-10,16-17,34H2,1-3H3,(H,36,38)(H,37,42). The number of carbonyl (C=O) groups excluding carboxylic acids is 1. The Labute approximate surface area is 248 Å². The lowest BCUT2D eigenvalue weighted by Gasteiger charge is -2.42. The molecule has 4 heterocycles. The van der Waals surface area contributed by atoms with Gasteiger partial charge in [-0.25, -0.2) is 13.8 Å². The molecule has 3 atom stereocenters. The predicted octanol–water partition coefficient (Wildman–Crippen LogP) is 4.52. The summed E-state index contributed by atoms with van der Waals surface area (Å²) in [5.41, 5.74) is 8.42. The maximum atomic E-state index is 15.5. The van der Waals surface area contributed by atoms with Crippen LogP contribution in [0, 0.1) is 17.6 Å². The zero-order valence-electron chi connectivity index (χ0n) is 24.5. The molecule has 3 aromatic heterocycles. The highest BCUT2D eigenvalue weighted by Crippen LogP contribution is 2.43. The van der Waals surface area contributed by atoms with E-state index >= 15 is 8.78 Å². The molecule has 1 saturated carbocycles. The van der Waals surface area contributed by atoms with E-state index in [9.17, 15) is 4.79 Å². The van der Waals surface area contributed by atoms with Crippen molar-refractivity contribution < 1.29 is 18.3 Å². The number of nitrogens with zero attached hydrogens (tertiary/aromatic N) is 5. The Morgan fingerprint density at radius 1 is 1.12 bits per heavy atom. The van der Waals surface area contributed by atoms with E-state index in [2.05, 4.69) is 37.5 Å². The van der Waals surface area contributed by atoms with Crippen LogP contribution in [0.1, 0.15) is 45.1 Å². The van der Waals surface area contributed by atoms with Gasteiger partial charge in [0.25, 0.3) is 0 Å². The molecule has 4 N–H and O–H groups in total. The average molecular weight is 591 g/mol. The summed E-state index contributed by atoms with van der Waals surface area (Å²) >= 11 is 0. The Hall–Kier alpha value is -4.16. The van der Waals surface area contributed by atoms with E-state index in [4.69, 9.17) is 10.5 Å². The number of fused-ring (bicyclic) bond motifs is 1. The van der Waals surface area contributed by atoms with E-state index in [-0.39, 0.29) is 35.2 Å². The Morgan fingerprint density at radius 3 is 2.53 bits per heavy atom. The fourth-order valence-electron chi connectivity index (χ4n) is 6.63. The summed E-state index contributed by atoms with van der Waals surface area (Å²) in [5, 5.41) is 10.9. The van der Waals surface area contributed by atoms with Crippen molar-refractivity contribution in [3.63, 3.8) is 0 Å². The van der Waals surface area contributed by atoms with Crippen molar-refractivity contribution >= 4 is 28.7 Å². The largest absolute Gasteiger partial charge is 0.374 e. The average Bonchev–Trinajstić information content (AvgIpc) is 3.63. The molecule has 3 unspecified atom stereocenters. The van der Waals surface area contributed by atoms with Gasteiger partial charge in [0.15, 0.2) is 0 Å². The molecular formula is C31H36F2N8O2. The van der Waals surface area contributed by atoms with E-state index in [0.717, 1.165) is 31.4 Å². The van der Waals surface area contributed by atoms with Gasteiger partial charge >= 0.3 is 0 Å². The van der Waals surface area contributed by atoms with Crippen molar-refractivity contribution in [2.24, 2.45) is 11.7 Å². The first-order chi connectivity index (χ1) is 20.7. The second kappa shape index (κ2) is 11.5. The van der Waals surface area contributed by atoms with Gasteiger partial charge in [-0.3, -0.25) is 9.78 Å². The molecule has 4 aromatic rings. The third kappa shape index (κ3) is 5.40. The second-order valence-electron chi connectivity index (χ2n) is 11.6. The van der Waals surface area contributed by atoms with Crippen molar-refractivity contribution in [3.8, 4) is 11.3 Å². The van der Waals surface area contributed by atoms with Crippen molar-refractivity contribution in [2.45, 2.75) is 57.2 Å². The zero-order valence-corrected chi connectivity index (χ0v) is 24.5. The Bertz CT molecular complexity index is 1620. The fourth-order valence-corrected chi connectivity index (χ4v) is 6.63. The minimum atomic E-state index is -0.692. The number of amides is 1. The number of hydrogen-bond acceptors (Lipinski definition) is 8. The molecule has 43 heavy (non-hydrogen) atoms. The van der Waals surface area contributed by atoms with Crippen LogP contribution in [0.2, 0.25) is 0 Å². The number of anilines is 3. The molecule has 1 aliphatic carbocycles. The van der Waals surface area contributed by atoms with E-state index in [1.54, 1.807) is 37.8 Å². The number of nitrogens with two attached hydrogens (primary N) is 1. The summed E-state index contributed by atoms with van der Waals surface area (Å²) in [7, 11) is 1.59. The Balaban J connectivity index is 1.30. The highest BCUT2D eigenvalue weighted by Gasteiger charge is 2.37. The number of ether oxygens (including phenoxy) is 1. The van der Waals surface area contributed by atoms with E-state index in [0.29, 0.717) is 35.8 Å². The fraction of sp³-hybridized carbons (Fsp3) is 0.419. The Morgan fingerprint density at radius 2 is 1.86 bits per heavy atom. The lowest BCUT2D eigenvalue weighted by atomic mass is 9.89. The van der Waals surface area contributed by atoms with Gasteiger partial charge in [-0.15, -0.1) is 0 Å². The van der Waals surface area contributed by atoms with Crippen molar-refractivity contribution in [2.75, 3.05) is 30.4 Å². The van der Waals surface area contributed by atoms with Crippen LogP contribution in [0.15, 0.2) is 48.9 Å².